The first kappa shape index (κ1) is 19.8. The molecule has 0 spiro atoms. The Morgan fingerprint density at radius 3 is 2.42 bits per heavy atom. The highest BCUT2D eigenvalue weighted by atomic mass is 35.5. The van der Waals surface area contributed by atoms with Crippen LogP contribution in [0.1, 0.15) is 13.8 Å². The molecule has 0 unspecified atom stereocenters. The van der Waals surface area contributed by atoms with E-state index < -0.39 is 4.92 Å². The Labute approximate surface area is 159 Å². The Bertz CT molecular complexity index is 982. The summed E-state index contributed by atoms with van der Waals surface area (Å²) in [6.07, 6.45) is 0. The van der Waals surface area contributed by atoms with Gasteiger partial charge in [-0.3, -0.25) is 14.7 Å². The molecule has 2 N–H and O–H groups in total. The molecule has 3 aromatic rings. The van der Waals surface area contributed by atoms with Gasteiger partial charge in [0.25, 0.3) is 5.69 Å². The van der Waals surface area contributed by atoms with E-state index in [2.05, 4.69) is 10.3 Å². The number of nitrogens with zero attached hydrogens (tertiary/aromatic N) is 2. The van der Waals surface area contributed by atoms with Crippen molar-refractivity contribution in [2.24, 2.45) is 0 Å². The van der Waals surface area contributed by atoms with Gasteiger partial charge in [-0.25, -0.2) is 4.79 Å². The van der Waals surface area contributed by atoms with Crippen molar-refractivity contribution in [3.8, 4) is 0 Å². The highest BCUT2D eigenvalue weighted by molar-refractivity contribution is 6.31. The van der Waals surface area contributed by atoms with Gasteiger partial charge < -0.3 is 10.3 Å². The van der Waals surface area contributed by atoms with Gasteiger partial charge in [-0.2, -0.15) is 0 Å². The highest BCUT2D eigenvalue weighted by Gasteiger charge is 2.12. The van der Waals surface area contributed by atoms with Crippen molar-refractivity contribution >= 4 is 45.6 Å². The zero-order valence-electron chi connectivity index (χ0n) is 14.3. The number of hydrogen-bond donors (Lipinski definition) is 2. The first-order valence-electron chi connectivity index (χ1n) is 7.93. The Balaban J connectivity index is 0.000000187. The van der Waals surface area contributed by atoms with Gasteiger partial charge in [-0.1, -0.05) is 23.2 Å². The van der Waals surface area contributed by atoms with Crippen LogP contribution in [0.25, 0.3) is 11.0 Å². The summed E-state index contributed by atoms with van der Waals surface area (Å²) in [5, 5.41) is 14.4. The molecule has 138 valence electrons. The van der Waals surface area contributed by atoms with Crippen LogP contribution in [0.15, 0.2) is 41.2 Å². The molecule has 0 aliphatic rings. The first-order chi connectivity index (χ1) is 12.4. The molecule has 0 radical (unpaired) electrons. The van der Waals surface area contributed by atoms with Crippen LogP contribution >= 0.6 is 23.2 Å². The van der Waals surface area contributed by atoms with Crippen molar-refractivity contribution in [2.45, 2.75) is 20.4 Å². The van der Waals surface area contributed by atoms with E-state index in [-0.39, 0.29) is 11.4 Å². The predicted octanol–water partition coefficient (Wildman–Crippen LogP) is 4.68. The summed E-state index contributed by atoms with van der Waals surface area (Å²) in [5.41, 5.74) is 2.11. The number of nitro groups is 1. The average molecular weight is 397 g/mol. The van der Waals surface area contributed by atoms with E-state index in [4.69, 9.17) is 23.2 Å². The predicted molar refractivity (Wildman–Crippen MR) is 106 cm³/mol. The quantitative estimate of drug-likeness (QED) is 0.494. The summed E-state index contributed by atoms with van der Waals surface area (Å²) >= 11 is 11.4. The standard InChI is InChI=1S/C9H9ClN2O.C8H9ClN2O2/c1-2-12-8-4-3-6(10)5-7(8)11-9(12)13;1-2-10-7-4-3-6(9)5-8(7)11(12)13/h3-5H,2H2,1H3,(H,11,13);3-5,10H,2H2,1H3. The van der Waals surface area contributed by atoms with Crippen LogP contribution in [0.3, 0.4) is 0 Å². The summed E-state index contributed by atoms with van der Waals surface area (Å²) < 4.78 is 1.67. The molecule has 0 aliphatic heterocycles. The van der Waals surface area contributed by atoms with Crippen molar-refractivity contribution in [3.63, 3.8) is 0 Å². The lowest BCUT2D eigenvalue weighted by Gasteiger charge is -2.03. The third-order valence-corrected chi connectivity index (χ3v) is 4.05. The van der Waals surface area contributed by atoms with Gasteiger partial charge >= 0.3 is 5.69 Å². The van der Waals surface area contributed by atoms with Crippen LogP contribution < -0.4 is 11.0 Å². The molecule has 0 saturated heterocycles. The molecule has 0 fully saturated rings. The molecule has 3 rings (SSSR count). The number of aryl methyl sites for hydroxylation is 1. The van der Waals surface area contributed by atoms with Gasteiger partial charge in [0.05, 0.1) is 16.0 Å². The smallest absolute Gasteiger partial charge is 0.326 e. The maximum atomic E-state index is 11.3. The molecule has 9 heteroatoms. The number of H-pyrrole nitrogens is 1. The van der Waals surface area contributed by atoms with Crippen molar-refractivity contribution in [1.82, 2.24) is 9.55 Å². The van der Waals surface area contributed by atoms with Gasteiger partial charge in [0.2, 0.25) is 0 Å². The minimum Gasteiger partial charge on any atom is -0.380 e. The number of nitro benzene ring substituents is 1. The monoisotopic (exact) mass is 396 g/mol. The summed E-state index contributed by atoms with van der Waals surface area (Å²) in [7, 11) is 0. The van der Waals surface area contributed by atoms with Gasteiger partial charge in [0, 0.05) is 29.2 Å². The third kappa shape index (κ3) is 4.56. The molecular formula is C17H18Cl2N4O3. The van der Waals surface area contributed by atoms with Crippen molar-refractivity contribution in [1.29, 1.82) is 0 Å². The second kappa shape index (κ2) is 8.73. The van der Waals surface area contributed by atoms with Crippen LogP contribution in [0, 0.1) is 10.1 Å². The van der Waals surface area contributed by atoms with Crippen LogP contribution in [0.2, 0.25) is 10.0 Å². The Morgan fingerprint density at radius 2 is 1.81 bits per heavy atom. The molecule has 1 aromatic heterocycles. The van der Waals surface area contributed by atoms with E-state index in [0.717, 1.165) is 11.0 Å². The largest absolute Gasteiger partial charge is 0.380 e. The lowest BCUT2D eigenvalue weighted by molar-refractivity contribution is -0.383. The Hall–Kier alpha value is -2.51. The van der Waals surface area contributed by atoms with E-state index >= 15 is 0 Å². The van der Waals surface area contributed by atoms with Crippen LogP contribution in [-0.2, 0) is 6.54 Å². The number of imidazole rings is 1. The van der Waals surface area contributed by atoms with E-state index in [9.17, 15) is 14.9 Å². The highest BCUT2D eigenvalue weighted by Crippen LogP contribution is 2.27. The van der Waals surface area contributed by atoms with E-state index in [1.807, 2.05) is 19.9 Å². The Morgan fingerprint density at radius 1 is 1.15 bits per heavy atom. The Kier molecular flexibility index (Phi) is 6.65. The molecule has 7 nitrogen and oxygen atoms in total. The van der Waals surface area contributed by atoms with Crippen LogP contribution in [0.4, 0.5) is 11.4 Å². The molecule has 26 heavy (non-hydrogen) atoms. The molecule has 2 aromatic carbocycles. The SMILES string of the molecule is CCNc1ccc(Cl)cc1[N+](=O)[O-].CCn1c(=O)[nH]c2cc(Cl)ccc21. The normalized spacial score (nSPS) is 10.3. The number of rotatable bonds is 4. The lowest BCUT2D eigenvalue weighted by atomic mass is 10.2. The number of nitrogens with one attached hydrogen (secondary N) is 2. The van der Waals surface area contributed by atoms with Gasteiger partial charge in [0.15, 0.2) is 0 Å². The molecule has 0 saturated carbocycles. The van der Waals surface area contributed by atoms with E-state index in [1.54, 1.807) is 28.8 Å². The molecule has 0 atom stereocenters. The maximum absolute atomic E-state index is 11.3. The van der Waals surface area contributed by atoms with E-state index in [1.165, 1.54) is 6.07 Å². The summed E-state index contributed by atoms with van der Waals surface area (Å²) in [5.74, 6) is 0. The third-order valence-electron chi connectivity index (χ3n) is 3.58. The zero-order valence-corrected chi connectivity index (χ0v) is 15.8. The number of anilines is 1. The van der Waals surface area contributed by atoms with Crippen LogP contribution in [-0.4, -0.2) is 21.0 Å². The number of fused-ring (bicyclic) bond motifs is 1. The fourth-order valence-corrected chi connectivity index (χ4v) is 2.78. The van der Waals surface area contributed by atoms with Gasteiger partial charge in [0.1, 0.15) is 5.69 Å². The summed E-state index contributed by atoms with van der Waals surface area (Å²) in [6, 6.07) is 9.93. The van der Waals surface area contributed by atoms with Crippen molar-refractivity contribution in [2.75, 3.05) is 11.9 Å². The maximum Gasteiger partial charge on any atom is 0.326 e. The summed E-state index contributed by atoms with van der Waals surface area (Å²) in [4.78, 5) is 24.2. The van der Waals surface area contributed by atoms with Gasteiger partial charge in [-0.15, -0.1) is 0 Å². The molecular weight excluding hydrogens is 379 g/mol. The number of halogens is 2. The molecule has 0 bridgehead atoms. The zero-order chi connectivity index (χ0) is 19.3. The first-order valence-corrected chi connectivity index (χ1v) is 8.68. The number of benzene rings is 2. The topological polar surface area (TPSA) is 93.0 Å². The number of hydrogen-bond acceptors (Lipinski definition) is 4. The fraction of sp³-hybridized carbons (Fsp3) is 0.235. The molecule has 1 heterocycles. The second-order valence-corrected chi connectivity index (χ2v) is 6.16. The number of aromatic amines is 1. The minimum atomic E-state index is -0.454. The van der Waals surface area contributed by atoms with Crippen molar-refractivity contribution in [3.05, 3.63) is 67.0 Å². The average Bonchev–Trinajstić information content (AvgIpc) is 2.91. The summed E-state index contributed by atoms with van der Waals surface area (Å²) in [6.45, 7) is 5.12. The van der Waals surface area contributed by atoms with E-state index in [0.29, 0.717) is 28.8 Å². The fourth-order valence-electron chi connectivity index (χ4n) is 2.45. The lowest BCUT2D eigenvalue weighted by Crippen LogP contribution is -2.14. The minimum absolute atomic E-state index is 0.00866. The molecule has 0 aliphatic carbocycles. The van der Waals surface area contributed by atoms with Gasteiger partial charge in [-0.05, 0) is 44.2 Å². The molecule has 0 amide bonds. The van der Waals surface area contributed by atoms with Crippen LogP contribution in [0.5, 0.6) is 0 Å². The number of aromatic nitrogens is 2. The van der Waals surface area contributed by atoms with Crippen molar-refractivity contribution < 1.29 is 4.92 Å². The second-order valence-electron chi connectivity index (χ2n) is 5.28.